The van der Waals surface area contributed by atoms with Gasteiger partial charge in [0.1, 0.15) is 17.2 Å². The van der Waals surface area contributed by atoms with Gasteiger partial charge in [0.05, 0.1) is 13.7 Å². The highest BCUT2D eigenvalue weighted by atomic mass is 16.5. The number of amides is 1. The average Bonchev–Trinajstić information content (AvgIpc) is 2.70. The van der Waals surface area contributed by atoms with Crippen LogP contribution in [0.3, 0.4) is 0 Å². The number of carbonyl (C=O) groups is 1. The molecular weight excluding hydrogens is 342 g/mol. The molecule has 5 heteroatoms. The summed E-state index contributed by atoms with van der Waals surface area (Å²) in [4.78, 5) is 12.4. The molecule has 5 nitrogen and oxygen atoms in total. The van der Waals surface area contributed by atoms with Gasteiger partial charge in [-0.3, -0.25) is 4.79 Å². The molecule has 2 aromatic rings. The molecule has 0 spiro atoms. The van der Waals surface area contributed by atoms with Crippen molar-refractivity contribution in [1.29, 1.82) is 0 Å². The normalized spacial score (nSPS) is 11.5. The summed E-state index contributed by atoms with van der Waals surface area (Å²) in [6, 6.07) is 15.4. The molecule has 2 rings (SSSR count). The van der Waals surface area contributed by atoms with E-state index in [4.69, 9.17) is 14.2 Å². The Balaban J connectivity index is 1.75. The number of hydrogen-bond acceptors (Lipinski definition) is 4. The third-order valence-electron chi connectivity index (χ3n) is 4.16. The Kier molecular flexibility index (Phi) is 8.49. The molecule has 0 saturated carbocycles. The third-order valence-corrected chi connectivity index (χ3v) is 4.16. The van der Waals surface area contributed by atoms with Crippen molar-refractivity contribution in [2.75, 3.05) is 20.3 Å². The number of aryl methyl sites for hydroxylation is 1. The zero-order valence-electron chi connectivity index (χ0n) is 16.4. The Morgan fingerprint density at radius 1 is 1.04 bits per heavy atom. The van der Waals surface area contributed by atoms with Gasteiger partial charge >= 0.3 is 0 Å². The van der Waals surface area contributed by atoms with Crippen molar-refractivity contribution in [3.63, 3.8) is 0 Å². The van der Waals surface area contributed by atoms with Crippen LogP contribution < -0.4 is 19.5 Å². The summed E-state index contributed by atoms with van der Waals surface area (Å²) in [7, 11) is 1.60. The van der Waals surface area contributed by atoms with Crippen LogP contribution in [0.5, 0.6) is 17.2 Å². The standard InChI is InChI=1S/C22H29NO4/c1-4-21(27-20-10-6-9-19(16-20)25-3)22(24)23-15-7-8-17-11-13-18(14-12-17)26-5-2/h6,9-14,16,21H,4-5,7-8,15H2,1-3H3,(H,23,24)/t21-/m0/s1. The first kappa shape index (κ1) is 20.6. The summed E-state index contributed by atoms with van der Waals surface area (Å²) in [6.07, 6.45) is 1.86. The van der Waals surface area contributed by atoms with Gasteiger partial charge in [-0.1, -0.05) is 25.1 Å². The van der Waals surface area contributed by atoms with Crippen molar-refractivity contribution < 1.29 is 19.0 Å². The maximum absolute atomic E-state index is 12.4. The average molecular weight is 371 g/mol. The van der Waals surface area contributed by atoms with Crippen molar-refractivity contribution in [3.05, 3.63) is 54.1 Å². The van der Waals surface area contributed by atoms with Crippen LogP contribution in [0, 0.1) is 0 Å². The van der Waals surface area contributed by atoms with Crippen LogP contribution >= 0.6 is 0 Å². The van der Waals surface area contributed by atoms with E-state index >= 15 is 0 Å². The molecule has 0 radical (unpaired) electrons. The van der Waals surface area contributed by atoms with Crippen molar-refractivity contribution in [2.24, 2.45) is 0 Å². The molecule has 0 unspecified atom stereocenters. The molecule has 0 aliphatic rings. The van der Waals surface area contributed by atoms with Crippen LogP contribution in [-0.2, 0) is 11.2 Å². The van der Waals surface area contributed by atoms with Gasteiger partial charge in [0, 0.05) is 12.6 Å². The fourth-order valence-electron chi connectivity index (χ4n) is 2.70. The van der Waals surface area contributed by atoms with E-state index in [2.05, 4.69) is 17.4 Å². The lowest BCUT2D eigenvalue weighted by molar-refractivity contribution is -0.128. The van der Waals surface area contributed by atoms with Gasteiger partial charge in [0.25, 0.3) is 5.91 Å². The van der Waals surface area contributed by atoms with Crippen LogP contribution in [0.25, 0.3) is 0 Å². The summed E-state index contributed by atoms with van der Waals surface area (Å²) in [6.45, 7) is 5.19. The van der Waals surface area contributed by atoms with Gasteiger partial charge in [-0.25, -0.2) is 0 Å². The largest absolute Gasteiger partial charge is 0.497 e. The van der Waals surface area contributed by atoms with Gasteiger partial charge in [-0.15, -0.1) is 0 Å². The summed E-state index contributed by atoms with van der Waals surface area (Å²) < 4.78 is 16.4. The number of ether oxygens (including phenoxy) is 3. The Morgan fingerprint density at radius 2 is 1.78 bits per heavy atom. The van der Waals surface area contributed by atoms with Crippen LogP contribution in [0.15, 0.2) is 48.5 Å². The number of benzene rings is 2. The zero-order chi connectivity index (χ0) is 19.5. The first-order valence-electron chi connectivity index (χ1n) is 9.46. The van der Waals surface area contributed by atoms with E-state index in [0.717, 1.165) is 18.6 Å². The van der Waals surface area contributed by atoms with E-state index in [9.17, 15) is 4.79 Å². The molecule has 0 aliphatic heterocycles. The summed E-state index contributed by atoms with van der Waals surface area (Å²) in [5.74, 6) is 2.13. The summed E-state index contributed by atoms with van der Waals surface area (Å²) in [5, 5.41) is 2.96. The van der Waals surface area contributed by atoms with Crippen molar-refractivity contribution in [3.8, 4) is 17.2 Å². The lowest BCUT2D eigenvalue weighted by atomic mass is 10.1. The Morgan fingerprint density at radius 3 is 2.44 bits per heavy atom. The number of hydrogen-bond donors (Lipinski definition) is 1. The number of rotatable bonds is 11. The first-order chi connectivity index (χ1) is 13.2. The predicted octanol–water partition coefficient (Wildman–Crippen LogP) is 4.00. The first-order valence-corrected chi connectivity index (χ1v) is 9.46. The highest BCUT2D eigenvalue weighted by molar-refractivity contribution is 5.81. The number of nitrogens with one attached hydrogen (secondary N) is 1. The van der Waals surface area contributed by atoms with E-state index in [1.165, 1.54) is 5.56 Å². The highest BCUT2D eigenvalue weighted by Crippen LogP contribution is 2.20. The molecule has 2 aromatic carbocycles. The molecule has 0 aromatic heterocycles. The SMILES string of the molecule is CCOc1ccc(CCCNC(=O)[C@H](CC)Oc2cccc(OC)c2)cc1. The smallest absolute Gasteiger partial charge is 0.261 e. The van der Waals surface area contributed by atoms with Gasteiger partial charge in [-0.05, 0) is 56.0 Å². The van der Waals surface area contributed by atoms with Crippen LogP contribution in [0.4, 0.5) is 0 Å². The monoisotopic (exact) mass is 371 g/mol. The van der Waals surface area contributed by atoms with Gasteiger partial charge in [0.15, 0.2) is 6.10 Å². The second kappa shape index (κ2) is 11.1. The summed E-state index contributed by atoms with van der Waals surface area (Å²) in [5.41, 5.74) is 1.23. The minimum Gasteiger partial charge on any atom is -0.497 e. The molecule has 146 valence electrons. The van der Waals surface area contributed by atoms with E-state index in [0.29, 0.717) is 31.1 Å². The Hall–Kier alpha value is -2.69. The van der Waals surface area contributed by atoms with E-state index in [-0.39, 0.29) is 5.91 Å². The van der Waals surface area contributed by atoms with E-state index in [1.807, 2.05) is 44.2 Å². The molecule has 0 fully saturated rings. The van der Waals surface area contributed by atoms with Crippen molar-refractivity contribution in [1.82, 2.24) is 5.32 Å². The Labute approximate surface area is 161 Å². The summed E-state index contributed by atoms with van der Waals surface area (Å²) >= 11 is 0. The molecule has 1 N–H and O–H groups in total. The third kappa shape index (κ3) is 6.85. The molecule has 1 atom stereocenters. The second-order valence-corrected chi connectivity index (χ2v) is 6.17. The van der Waals surface area contributed by atoms with E-state index < -0.39 is 6.10 Å². The molecule has 0 bridgehead atoms. The van der Waals surface area contributed by atoms with E-state index in [1.54, 1.807) is 13.2 Å². The lowest BCUT2D eigenvalue weighted by Crippen LogP contribution is -2.38. The van der Waals surface area contributed by atoms with Crippen LogP contribution in [0.2, 0.25) is 0 Å². The lowest BCUT2D eigenvalue weighted by Gasteiger charge is -2.17. The van der Waals surface area contributed by atoms with Crippen molar-refractivity contribution in [2.45, 2.75) is 39.2 Å². The zero-order valence-corrected chi connectivity index (χ0v) is 16.4. The maximum Gasteiger partial charge on any atom is 0.261 e. The topological polar surface area (TPSA) is 56.8 Å². The molecule has 0 aliphatic carbocycles. The number of methoxy groups -OCH3 is 1. The maximum atomic E-state index is 12.4. The Bertz CT molecular complexity index is 700. The van der Waals surface area contributed by atoms with Gasteiger partial charge < -0.3 is 19.5 Å². The molecular formula is C22H29NO4. The van der Waals surface area contributed by atoms with Crippen LogP contribution in [-0.4, -0.2) is 32.3 Å². The number of carbonyl (C=O) groups excluding carboxylic acids is 1. The second-order valence-electron chi connectivity index (χ2n) is 6.17. The minimum absolute atomic E-state index is 0.0907. The van der Waals surface area contributed by atoms with Gasteiger partial charge in [-0.2, -0.15) is 0 Å². The fourth-order valence-corrected chi connectivity index (χ4v) is 2.70. The highest BCUT2D eigenvalue weighted by Gasteiger charge is 2.18. The van der Waals surface area contributed by atoms with Crippen LogP contribution in [0.1, 0.15) is 32.3 Å². The minimum atomic E-state index is -0.511. The molecule has 27 heavy (non-hydrogen) atoms. The molecule has 1 amide bonds. The molecule has 0 heterocycles. The fraction of sp³-hybridized carbons (Fsp3) is 0.409. The van der Waals surface area contributed by atoms with Crippen molar-refractivity contribution >= 4 is 5.91 Å². The molecule has 0 saturated heterocycles. The quantitative estimate of drug-likeness (QED) is 0.607. The predicted molar refractivity (Wildman–Crippen MR) is 107 cm³/mol. The van der Waals surface area contributed by atoms with Gasteiger partial charge in [0.2, 0.25) is 0 Å².